The van der Waals surface area contributed by atoms with Crippen LogP contribution in [0.1, 0.15) is 18.9 Å². The first-order valence-corrected chi connectivity index (χ1v) is 6.80. The predicted octanol–water partition coefficient (Wildman–Crippen LogP) is 1.57. The number of nitrogens with one attached hydrogen (secondary N) is 1. The Hall–Kier alpha value is -0.840. The van der Waals surface area contributed by atoms with Gasteiger partial charge in [-0.25, -0.2) is 0 Å². The van der Waals surface area contributed by atoms with Crippen molar-refractivity contribution in [3.8, 4) is 0 Å². The predicted molar refractivity (Wildman–Crippen MR) is 75.8 cm³/mol. The lowest BCUT2D eigenvalue weighted by Gasteiger charge is -2.10. The van der Waals surface area contributed by atoms with E-state index in [9.17, 15) is 0 Å². The van der Waals surface area contributed by atoms with E-state index in [0.29, 0.717) is 0 Å². The molecule has 1 aromatic rings. The fourth-order valence-corrected chi connectivity index (χ4v) is 1.72. The SMILES string of the molecule is CCCn1ccc(CNCCOCCN(C)C)c1. The van der Waals surface area contributed by atoms with E-state index >= 15 is 0 Å². The maximum atomic E-state index is 5.52. The Morgan fingerprint density at radius 2 is 2.17 bits per heavy atom. The summed E-state index contributed by atoms with van der Waals surface area (Å²) in [5.41, 5.74) is 1.34. The van der Waals surface area contributed by atoms with Crippen molar-refractivity contribution in [2.45, 2.75) is 26.4 Å². The quantitative estimate of drug-likeness (QED) is 0.642. The Labute approximate surface area is 111 Å². The van der Waals surface area contributed by atoms with Gasteiger partial charge in [0.05, 0.1) is 13.2 Å². The summed E-state index contributed by atoms with van der Waals surface area (Å²) in [4.78, 5) is 2.13. The van der Waals surface area contributed by atoms with E-state index in [1.54, 1.807) is 0 Å². The van der Waals surface area contributed by atoms with E-state index in [4.69, 9.17) is 4.74 Å². The van der Waals surface area contributed by atoms with Gasteiger partial charge in [0.1, 0.15) is 0 Å². The van der Waals surface area contributed by atoms with Crippen LogP contribution in [0.15, 0.2) is 18.5 Å². The zero-order valence-electron chi connectivity index (χ0n) is 12.0. The monoisotopic (exact) mass is 253 g/mol. The highest BCUT2D eigenvalue weighted by atomic mass is 16.5. The second-order valence-electron chi connectivity index (χ2n) is 4.85. The molecule has 0 aliphatic rings. The third kappa shape index (κ3) is 6.79. The summed E-state index contributed by atoms with van der Waals surface area (Å²) in [6.07, 6.45) is 5.54. The van der Waals surface area contributed by atoms with Crippen molar-refractivity contribution in [2.75, 3.05) is 40.4 Å². The molecule has 4 heteroatoms. The molecule has 0 amide bonds. The molecule has 0 unspecified atom stereocenters. The molecular weight excluding hydrogens is 226 g/mol. The summed E-state index contributed by atoms with van der Waals surface area (Å²) < 4.78 is 7.76. The third-order valence-corrected chi connectivity index (χ3v) is 2.73. The molecule has 0 bridgehead atoms. The van der Waals surface area contributed by atoms with Gasteiger partial charge < -0.3 is 19.5 Å². The van der Waals surface area contributed by atoms with E-state index in [0.717, 1.165) is 39.4 Å². The van der Waals surface area contributed by atoms with Gasteiger partial charge in [-0.3, -0.25) is 0 Å². The fourth-order valence-electron chi connectivity index (χ4n) is 1.72. The summed E-state index contributed by atoms with van der Waals surface area (Å²) >= 11 is 0. The van der Waals surface area contributed by atoms with Crippen LogP contribution in [0.3, 0.4) is 0 Å². The lowest BCUT2D eigenvalue weighted by atomic mass is 10.3. The molecule has 18 heavy (non-hydrogen) atoms. The lowest BCUT2D eigenvalue weighted by Crippen LogP contribution is -2.22. The molecule has 0 saturated heterocycles. The van der Waals surface area contributed by atoms with Gasteiger partial charge in [0.15, 0.2) is 0 Å². The average Bonchev–Trinajstić information content (AvgIpc) is 2.76. The second-order valence-corrected chi connectivity index (χ2v) is 4.85. The molecule has 0 aromatic carbocycles. The van der Waals surface area contributed by atoms with Crippen molar-refractivity contribution in [2.24, 2.45) is 0 Å². The first-order valence-electron chi connectivity index (χ1n) is 6.80. The van der Waals surface area contributed by atoms with Crippen molar-refractivity contribution in [3.05, 3.63) is 24.0 Å². The van der Waals surface area contributed by atoms with Gasteiger partial charge in [-0.2, -0.15) is 0 Å². The maximum absolute atomic E-state index is 5.52. The molecule has 0 aliphatic heterocycles. The molecule has 104 valence electrons. The van der Waals surface area contributed by atoms with Crippen LogP contribution in [-0.2, 0) is 17.8 Å². The van der Waals surface area contributed by atoms with Crippen LogP contribution in [0.5, 0.6) is 0 Å². The van der Waals surface area contributed by atoms with E-state index in [1.807, 2.05) is 0 Å². The summed E-state index contributed by atoms with van der Waals surface area (Å²) in [5, 5.41) is 3.39. The van der Waals surface area contributed by atoms with Gasteiger partial charge in [-0.05, 0) is 32.1 Å². The van der Waals surface area contributed by atoms with Crippen LogP contribution in [-0.4, -0.2) is 49.9 Å². The van der Waals surface area contributed by atoms with Crippen molar-refractivity contribution in [1.82, 2.24) is 14.8 Å². The minimum atomic E-state index is 0.781. The van der Waals surface area contributed by atoms with Gasteiger partial charge in [-0.1, -0.05) is 6.92 Å². The summed E-state index contributed by atoms with van der Waals surface area (Å²) in [5.74, 6) is 0. The number of ether oxygens (including phenoxy) is 1. The molecular formula is C14H27N3O. The van der Waals surface area contributed by atoms with Crippen LogP contribution in [0, 0.1) is 0 Å². The Kier molecular flexibility index (Phi) is 7.73. The average molecular weight is 253 g/mol. The van der Waals surface area contributed by atoms with Crippen molar-refractivity contribution < 1.29 is 4.74 Å². The molecule has 4 nitrogen and oxygen atoms in total. The number of likely N-dealkylation sites (N-methyl/N-ethyl adjacent to an activating group) is 1. The molecule has 0 aliphatic carbocycles. The lowest BCUT2D eigenvalue weighted by molar-refractivity contribution is 0.119. The minimum absolute atomic E-state index is 0.781. The molecule has 0 radical (unpaired) electrons. The molecule has 1 N–H and O–H groups in total. The van der Waals surface area contributed by atoms with Gasteiger partial charge in [0.25, 0.3) is 0 Å². The third-order valence-electron chi connectivity index (χ3n) is 2.73. The van der Waals surface area contributed by atoms with Crippen molar-refractivity contribution in [1.29, 1.82) is 0 Å². The van der Waals surface area contributed by atoms with Crippen LogP contribution in [0.25, 0.3) is 0 Å². The summed E-state index contributed by atoms with van der Waals surface area (Å²) in [6.45, 7) is 7.71. The molecule has 1 heterocycles. The van der Waals surface area contributed by atoms with Crippen molar-refractivity contribution >= 4 is 0 Å². The van der Waals surface area contributed by atoms with E-state index < -0.39 is 0 Å². The highest BCUT2D eigenvalue weighted by Crippen LogP contribution is 2.01. The fraction of sp³-hybridized carbons (Fsp3) is 0.714. The standard InChI is InChI=1S/C14H27N3O/c1-4-7-17-8-5-14(13-17)12-15-6-10-18-11-9-16(2)3/h5,8,13,15H,4,6-7,9-12H2,1-3H3. The molecule has 0 spiro atoms. The number of hydrogen-bond donors (Lipinski definition) is 1. The molecule has 0 saturated carbocycles. The maximum Gasteiger partial charge on any atom is 0.0593 e. The first kappa shape index (κ1) is 15.2. The first-order chi connectivity index (χ1) is 8.72. The van der Waals surface area contributed by atoms with Crippen molar-refractivity contribution in [3.63, 3.8) is 0 Å². The highest BCUT2D eigenvalue weighted by molar-refractivity contribution is 5.09. The van der Waals surface area contributed by atoms with Gasteiger partial charge >= 0.3 is 0 Å². The molecule has 1 aromatic heterocycles. The second kappa shape index (κ2) is 9.14. The number of hydrogen-bond acceptors (Lipinski definition) is 3. The van der Waals surface area contributed by atoms with Crippen LogP contribution < -0.4 is 5.32 Å². The smallest absolute Gasteiger partial charge is 0.0593 e. The Bertz CT molecular complexity index is 310. The number of aryl methyl sites for hydroxylation is 1. The van der Waals surface area contributed by atoms with E-state index in [2.05, 4.69) is 54.3 Å². The number of aromatic nitrogens is 1. The Morgan fingerprint density at radius 3 is 2.89 bits per heavy atom. The van der Waals surface area contributed by atoms with Crippen LogP contribution in [0.4, 0.5) is 0 Å². The Balaban J connectivity index is 2.00. The largest absolute Gasteiger partial charge is 0.379 e. The Morgan fingerprint density at radius 1 is 1.33 bits per heavy atom. The van der Waals surface area contributed by atoms with Gasteiger partial charge in [-0.15, -0.1) is 0 Å². The van der Waals surface area contributed by atoms with E-state index in [-0.39, 0.29) is 0 Å². The van der Waals surface area contributed by atoms with Gasteiger partial charge in [0, 0.05) is 38.6 Å². The summed E-state index contributed by atoms with van der Waals surface area (Å²) in [7, 11) is 4.12. The molecule has 0 fully saturated rings. The zero-order chi connectivity index (χ0) is 13.2. The molecule has 1 rings (SSSR count). The van der Waals surface area contributed by atoms with Crippen LogP contribution >= 0.6 is 0 Å². The normalized spacial score (nSPS) is 11.3. The number of nitrogens with zero attached hydrogens (tertiary/aromatic N) is 2. The minimum Gasteiger partial charge on any atom is -0.379 e. The topological polar surface area (TPSA) is 29.4 Å². The summed E-state index contributed by atoms with van der Waals surface area (Å²) in [6, 6.07) is 2.18. The highest BCUT2D eigenvalue weighted by Gasteiger charge is 1.96. The molecule has 0 atom stereocenters. The van der Waals surface area contributed by atoms with Gasteiger partial charge in [0.2, 0.25) is 0 Å². The zero-order valence-corrected chi connectivity index (χ0v) is 12.0. The number of rotatable bonds is 10. The van der Waals surface area contributed by atoms with Crippen LogP contribution in [0.2, 0.25) is 0 Å². The van der Waals surface area contributed by atoms with E-state index in [1.165, 1.54) is 12.0 Å².